The molecule has 0 bridgehead atoms. The largest absolute Gasteiger partial charge is 0.352 e. The molecule has 0 saturated heterocycles. The molecule has 0 heterocycles. The average molecular weight is 385 g/mol. The molecule has 0 aliphatic heterocycles. The summed E-state index contributed by atoms with van der Waals surface area (Å²) in [4.78, 5) is 12.0. The first-order valence-electron chi connectivity index (χ1n) is 7.51. The summed E-state index contributed by atoms with van der Waals surface area (Å²) in [6.45, 7) is 0.210. The Balaban J connectivity index is 1.97. The third kappa shape index (κ3) is 5.72. The van der Waals surface area contributed by atoms with Crippen molar-refractivity contribution in [1.29, 1.82) is 0 Å². The van der Waals surface area contributed by atoms with E-state index >= 15 is 0 Å². The van der Waals surface area contributed by atoms with Gasteiger partial charge in [-0.15, -0.1) is 0 Å². The maximum Gasteiger partial charge on any atom is 0.232 e. The van der Waals surface area contributed by atoms with Crippen LogP contribution in [0.3, 0.4) is 0 Å². The van der Waals surface area contributed by atoms with Crippen LogP contribution in [0.25, 0.3) is 0 Å². The molecule has 1 amide bonds. The highest BCUT2D eigenvalue weighted by molar-refractivity contribution is 7.92. The second-order valence-electron chi connectivity index (χ2n) is 5.44. The molecule has 1 N–H and O–H groups in total. The number of carbonyl (C=O) groups is 1. The third-order valence-corrected chi connectivity index (χ3v) is 4.97. The zero-order chi connectivity index (χ0) is 18.4. The highest BCUT2D eigenvalue weighted by atomic mass is 35.5. The summed E-state index contributed by atoms with van der Waals surface area (Å²) >= 11 is 6.06. The van der Waals surface area contributed by atoms with Crippen molar-refractivity contribution in [1.82, 2.24) is 5.32 Å². The van der Waals surface area contributed by atoms with Crippen molar-refractivity contribution in [2.24, 2.45) is 0 Å². The van der Waals surface area contributed by atoms with Gasteiger partial charge in [-0.25, -0.2) is 12.8 Å². The van der Waals surface area contributed by atoms with Gasteiger partial charge >= 0.3 is 0 Å². The van der Waals surface area contributed by atoms with Crippen molar-refractivity contribution in [3.63, 3.8) is 0 Å². The normalized spacial score (nSPS) is 11.2. The van der Waals surface area contributed by atoms with E-state index in [1.54, 1.807) is 36.4 Å². The SMILES string of the molecule is CS(=O)(=O)N(CCC(=O)NCc1ccc(F)cc1)c1ccccc1Cl. The van der Waals surface area contributed by atoms with Crippen LogP contribution in [0.15, 0.2) is 48.5 Å². The Morgan fingerprint density at radius 3 is 2.40 bits per heavy atom. The van der Waals surface area contributed by atoms with E-state index in [4.69, 9.17) is 11.6 Å². The quantitative estimate of drug-likeness (QED) is 0.798. The number of hydrogen-bond acceptors (Lipinski definition) is 3. The van der Waals surface area contributed by atoms with Crippen LogP contribution in [0.5, 0.6) is 0 Å². The van der Waals surface area contributed by atoms with Gasteiger partial charge in [0.25, 0.3) is 0 Å². The lowest BCUT2D eigenvalue weighted by molar-refractivity contribution is -0.121. The number of para-hydroxylation sites is 1. The molecule has 0 fully saturated rings. The second kappa shape index (κ2) is 8.31. The van der Waals surface area contributed by atoms with Crippen LogP contribution >= 0.6 is 11.6 Å². The predicted octanol–water partition coefficient (Wildman–Crippen LogP) is 2.95. The van der Waals surface area contributed by atoms with Crippen LogP contribution < -0.4 is 9.62 Å². The number of anilines is 1. The molecule has 0 aliphatic carbocycles. The van der Waals surface area contributed by atoms with Crippen LogP contribution in [0.4, 0.5) is 10.1 Å². The topological polar surface area (TPSA) is 66.5 Å². The van der Waals surface area contributed by atoms with Gasteiger partial charge in [0.1, 0.15) is 5.82 Å². The summed E-state index contributed by atoms with van der Waals surface area (Å²) < 4.78 is 38.0. The smallest absolute Gasteiger partial charge is 0.232 e. The van der Waals surface area contributed by atoms with E-state index in [1.807, 2.05) is 0 Å². The molecular weight excluding hydrogens is 367 g/mol. The standard InChI is InChI=1S/C17H18ClFN2O3S/c1-25(23,24)21(16-5-3-2-4-15(16)18)11-10-17(22)20-12-13-6-8-14(19)9-7-13/h2-9H,10-12H2,1H3,(H,20,22). The van der Waals surface area contributed by atoms with Crippen LogP contribution in [0.1, 0.15) is 12.0 Å². The molecule has 0 saturated carbocycles. The zero-order valence-electron chi connectivity index (χ0n) is 13.6. The Morgan fingerprint density at radius 2 is 1.80 bits per heavy atom. The van der Waals surface area contributed by atoms with Gasteiger partial charge in [0, 0.05) is 19.5 Å². The highest BCUT2D eigenvalue weighted by Gasteiger charge is 2.20. The van der Waals surface area contributed by atoms with E-state index in [0.717, 1.165) is 16.1 Å². The third-order valence-electron chi connectivity index (χ3n) is 3.47. The molecule has 0 atom stereocenters. The molecule has 8 heteroatoms. The predicted molar refractivity (Wildman–Crippen MR) is 96.5 cm³/mol. The fraction of sp³-hybridized carbons (Fsp3) is 0.235. The monoisotopic (exact) mass is 384 g/mol. The van der Waals surface area contributed by atoms with Gasteiger partial charge in [-0.3, -0.25) is 9.10 Å². The molecule has 2 aromatic rings. The van der Waals surface area contributed by atoms with Crippen molar-refractivity contribution in [2.75, 3.05) is 17.1 Å². The van der Waals surface area contributed by atoms with Crippen molar-refractivity contribution >= 4 is 33.2 Å². The van der Waals surface area contributed by atoms with Gasteiger partial charge < -0.3 is 5.32 Å². The first-order valence-corrected chi connectivity index (χ1v) is 9.73. The second-order valence-corrected chi connectivity index (χ2v) is 7.75. The van der Waals surface area contributed by atoms with Crippen molar-refractivity contribution in [2.45, 2.75) is 13.0 Å². The number of sulfonamides is 1. The molecule has 0 aliphatic rings. The van der Waals surface area contributed by atoms with E-state index in [1.165, 1.54) is 12.1 Å². The van der Waals surface area contributed by atoms with E-state index in [0.29, 0.717) is 10.7 Å². The number of nitrogens with one attached hydrogen (secondary N) is 1. The van der Waals surface area contributed by atoms with Gasteiger partial charge in [0.2, 0.25) is 15.9 Å². The Morgan fingerprint density at radius 1 is 1.16 bits per heavy atom. The van der Waals surface area contributed by atoms with Gasteiger partial charge in [-0.1, -0.05) is 35.9 Å². The number of carbonyl (C=O) groups excluding carboxylic acids is 1. The first-order chi connectivity index (χ1) is 11.8. The number of nitrogens with zero attached hydrogens (tertiary/aromatic N) is 1. The van der Waals surface area contributed by atoms with Gasteiger partial charge in [0.15, 0.2) is 0 Å². The molecule has 25 heavy (non-hydrogen) atoms. The van der Waals surface area contributed by atoms with E-state index in [9.17, 15) is 17.6 Å². The fourth-order valence-electron chi connectivity index (χ4n) is 2.21. The number of rotatable bonds is 7. The van der Waals surface area contributed by atoms with Crippen molar-refractivity contribution < 1.29 is 17.6 Å². The molecule has 0 unspecified atom stereocenters. The molecule has 0 aromatic heterocycles. The number of hydrogen-bond donors (Lipinski definition) is 1. The summed E-state index contributed by atoms with van der Waals surface area (Å²) in [6.07, 6.45) is 1.03. The van der Waals surface area contributed by atoms with Gasteiger partial charge in [0.05, 0.1) is 17.0 Å². The first kappa shape index (κ1) is 19.2. The molecule has 2 rings (SSSR count). The van der Waals surface area contributed by atoms with Gasteiger partial charge in [-0.05, 0) is 29.8 Å². The Bertz CT molecular complexity index is 841. The van der Waals surface area contributed by atoms with Crippen molar-refractivity contribution in [3.05, 3.63) is 64.9 Å². The molecule has 0 radical (unpaired) electrons. The van der Waals surface area contributed by atoms with Crippen LogP contribution in [0, 0.1) is 5.82 Å². The maximum absolute atomic E-state index is 12.8. The lowest BCUT2D eigenvalue weighted by atomic mass is 10.2. The van der Waals surface area contributed by atoms with Gasteiger partial charge in [-0.2, -0.15) is 0 Å². The summed E-state index contributed by atoms with van der Waals surface area (Å²) in [5, 5.41) is 2.97. The average Bonchev–Trinajstić information content (AvgIpc) is 2.55. The van der Waals surface area contributed by atoms with Crippen LogP contribution in [-0.4, -0.2) is 27.1 Å². The Kier molecular flexibility index (Phi) is 6.39. The highest BCUT2D eigenvalue weighted by Crippen LogP contribution is 2.27. The minimum Gasteiger partial charge on any atom is -0.352 e. The summed E-state index contributed by atoms with van der Waals surface area (Å²) in [6, 6.07) is 12.3. The lowest BCUT2D eigenvalue weighted by Gasteiger charge is -2.23. The number of amides is 1. The summed E-state index contributed by atoms with van der Waals surface area (Å²) in [7, 11) is -3.58. The molecule has 5 nitrogen and oxygen atoms in total. The Hall–Kier alpha value is -2.12. The molecular formula is C17H18ClFN2O3S. The van der Waals surface area contributed by atoms with E-state index in [2.05, 4.69) is 5.32 Å². The number of benzene rings is 2. The maximum atomic E-state index is 12.8. The van der Waals surface area contributed by atoms with E-state index in [-0.39, 0.29) is 31.2 Å². The molecule has 134 valence electrons. The number of halogens is 2. The van der Waals surface area contributed by atoms with Crippen LogP contribution in [-0.2, 0) is 21.4 Å². The molecule has 2 aromatic carbocycles. The summed E-state index contributed by atoms with van der Waals surface area (Å²) in [5.41, 5.74) is 1.08. The zero-order valence-corrected chi connectivity index (χ0v) is 15.1. The van der Waals surface area contributed by atoms with Crippen LogP contribution in [0.2, 0.25) is 5.02 Å². The Labute approximate surface area is 151 Å². The van der Waals surface area contributed by atoms with Crippen molar-refractivity contribution in [3.8, 4) is 0 Å². The van der Waals surface area contributed by atoms with E-state index < -0.39 is 10.0 Å². The summed E-state index contributed by atoms with van der Waals surface area (Å²) in [5.74, 6) is -0.663. The minimum atomic E-state index is -3.58. The fourth-order valence-corrected chi connectivity index (χ4v) is 3.44. The lowest BCUT2D eigenvalue weighted by Crippen LogP contribution is -2.34. The molecule has 0 spiro atoms. The minimum absolute atomic E-state index is 0.0283.